The molecule has 3 aromatic rings. The summed E-state index contributed by atoms with van der Waals surface area (Å²) in [5.41, 5.74) is 6.17. The molecule has 0 aliphatic rings. The van der Waals surface area contributed by atoms with Crippen LogP contribution in [-0.4, -0.2) is 17.7 Å². The van der Waals surface area contributed by atoms with Gasteiger partial charge in [-0.2, -0.15) is 5.10 Å². The van der Waals surface area contributed by atoms with Crippen LogP contribution in [0, 0.1) is 0 Å². The summed E-state index contributed by atoms with van der Waals surface area (Å²) in [6.45, 7) is 3.94. The molecule has 2 aromatic carbocycles. The van der Waals surface area contributed by atoms with Gasteiger partial charge in [0, 0.05) is 18.8 Å². The fraction of sp³-hybridized carbons (Fsp3) is 0.143. The molecule has 1 heterocycles. The maximum absolute atomic E-state index is 6.07. The monoisotopic (exact) mass is 432 g/mol. The number of hydrazone groups is 1. The summed E-state index contributed by atoms with van der Waals surface area (Å²) >= 11 is 17.8. The number of benzene rings is 2. The highest BCUT2D eigenvalue weighted by atomic mass is 35.5. The van der Waals surface area contributed by atoms with E-state index in [1.54, 1.807) is 6.21 Å². The Balaban J connectivity index is 1.65. The lowest BCUT2D eigenvalue weighted by Crippen LogP contribution is -2.21. The Labute approximate surface area is 179 Å². The van der Waals surface area contributed by atoms with Gasteiger partial charge in [0.1, 0.15) is 5.15 Å². The number of anilines is 2. The van der Waals surface area contributed by atoms with Gasteiger partial charge in [0.15, 0.2) is 5.82 Å². The summed E-state index contributed by atoms with van der Waals surface area (Å²) in [7, 11) is 0. The summed E-state index contributed by atoms with van der Waals surface area (Å²) in [6.07, 6.45) is 1.69. The summed E-state index contributed by atoms with van der Waals surface area (Å²) < 4.78 is 0. The molecule has 28 heavy (non-hydrogen) atoms. The van der Waals surface area contributed by atoms with Crippen LogP contribution >= 0.6 is 34.8 Å². The van der Waals surface area contributed by atoms with Crippen LogP contribution in [0.4, 0.5) is 11.5 Å². The number of rotatable bonds is 7. The normalized spacial score (nSPS) is 11.0. The number of pyridine rings is 1. The van der Waals surface area contributed by atoms with Gasteiger partial charge in [-0.3, -0.25) is 5.43 Å². The first kappa shape index (κ1) is 20.5. The zero-order chi connectivity index (χ0) is 19.9. The average Bonchev–Trinajstić information content (AvgIpc) is 2.71. The molecule has 7 heteroatoms. The number of nitrogens with zero attached hydrogens (tertiary/aromatic N) is 3. The number of hydrogen-bond acceptors (Lipinski definition) is 4. The van der Waals surface area contributed by atoms with Gasteiger partial charge in [0.25, 0.3) is 0 Å². The highest BCUT2D eigenvalue weighted by Crippen LogP contribution is 2.28. The zero-order valence-corrected chi connectivity index (χ0v) is 17.5. The molecule has 0 radical (unpaired) electrons. The van der Waals surface area contributed by atoms with Gasteiger partial charge in [-0.1, -0.05) is 77.3 Å². The Morgan fingerprint density at radius 3 is 2.39 bits per heavy atom. The second kappa shape index (κ2) is 9.78. The van der Waals surface area contributed by atoms with Gasteiger partial charge >= 0.3 is 0 Å². The molecule has 0 spiro atoms. The largest absolute Gasteiger partial charge is 0.367 e. The zero-order valence-electron chi connectivity index (χ0n) is 15.2. The molecule has 0 unspecified atom stereocenters. The molecule has 0 saturated carbocycles. The highest BCUT2D eigenvalue weighted by molar-refractivity contribution is 6.42. The summed E-state index contributed by atoms with van der Waals surface area (Å²) in [5.74, 6) is 0.351. The van der Waals surface area contributed by atoms with Crippen LogP contribution < -0.4 is 10.3 Å². The molecule has 0 bridgehead atoms. The third kappa shape index (κ3) is 5.38. The van der Waals surface area contributed by atoms with Gasteiger partial charge < -0.3 is 4.90 Å². The third-order valence-corrected chi connectivity index (χ3v) is 5.09. The van der Waals surface area contributed by atoms with Gasteiger partial charge in [-0.15, -0.1) is 0 Å². The first-order valence-corrected chi connectivity index (χ1v) is 9.89. The lowest BCUT2D eigenvalue weighted by atomic mass is 10.1. The lowest BCUT2D eigenvalue weighted by Gasteiger charge is -2.23. The molecular weight excluding hydrogens is 415 g/mol. The van der Waals surface area contributed by atoms with Crippen LogP contribution in [0.5, 0.6) is 0 Å². The van der Waals surface area contributed by atoms with Gasteiger partial charge in [0.2, 0.25) is 0 Å². The van der Waals surface area contributed by atoms with E-state index in [-0.39, 0.29) is 5.15 Å². The van der Waals surface area contributed by atoms with Crippen LogP contribution in [0.25, 0.3) is 0 Å². The van der Waals surface area contributed by atoms with Crippen LogP contribution in [0.2, 0.25) is 15.2 Å². The molecule has 1 N–H and O–H groups in total. The molecule has 0 aliphatic heterocycles. The number of aromatic nitrogens is 1. The molecule has 0 aliphatic carbocycles. The molecule has 144 valence electrons. The molecule has 4 nitrogen and oxygen atoms in total. The first-order chi connectivity index (χ1) is 13.6. The maximum atomic E-state index is 6.07. The van der Waals surface area contributed by atoms with Crippen molar-refractivity contribution < 1.29 is 0 Å². The van der Waals surface area contributed by atoms with Gasteiger partial charge in [-0.05, 0) is 36.2 Å². The standard InChI is InChI=1S/C21H19Cl3N4/c1-2-28(14-16-6-4-3-5-7-16)17-10-8-15(9-11-17)13-25-27-21-19(23)12-18(22)20(24)26-21/h3-13H,2,14H2,1H3,(H,26,27). The molecular formula is C21H19Cl3N4. The quantitative estimate of drug-likeness (QED) is 0.262. The second-order valence-corrected chi connectivity index (χ2v) is 7.23. The Hall–Kier alpha value is -2.27. The summed E-state index contributed by atoms with van der Waals surface area (Å²) in [4.78, 5) is 6.38. The Kier molecular flexibility index (Phi) is 7.15. The minimum absolute atomic E-state index is 0.172. The van der Waals surface area contributed by atoms with Crippen molar-refractivity contribution in [2.45, 2.75) is 13.5 Å². The van der Waals surface area contributed by atoms with Crippen molar-refractivity contribution in [3.05, 3.63) is 87.0 Å². The van der Waals surface area contributed by atoms with Crippen molar-refractivity contribution in [2.75, 3.05) is 16.9 Å². The highest BCUT2D eigenvalue weighted by Gasteiger charge is 2.07. The van der Waals surface area contributed by atoms with E-state index in [2.05, 4.69) is 63.7 Å². The summed E-state index contributed by atoms with van der Waals surface area (Å²) in [5, 5.41) is 4.99. The smallest absolute Gasteiger partial charge is 0.166 e. The van der Waals surface area contributed by atoms with Crippen molar-refractivity contribution in [3.8, 4) is 0 Å². The molecule has 0 fully saturated rings. The predicted molar refractivity (Wildman–Crippen MR) is 120 cm³/mol. The van der Waals surface area contributed by atoms with Crippen LogP contribution in [0.1, 0.15) is 18.1 Å². The van der Waals surface area contributed by atoms with Crippen molar-refractivity contribution in [1.82, 2.24) is 4.98 Å². The van der Waals surface area contributed by atoms with Gasteiger partial charge in [-0.25, -0.2) is 4.98 Å². The van der Waals surface area contributed by atoms with Crippen molar-refractivity contribution in [1.29, 1.82) is 0 Å². The van der Waals surface area contributed by atoms with Crippen LogP contribution in [0.3, 0.4) is 0 Å². The van der Waals surface area contributed by atoms with E-state index in [9.17, 15) is 0 Å². The summed E-state index contributed by atoms with van der Waals surface area (Å²) in [6, 6.07) is 20.1. The van der Waals surface area contributed by atoms with Crippen LogP contribution in [-0.2, 0) is 6.54 Å². The topological polar surface area (TPSA) is 40.5 Å². The third-order valence-electron chi connectivity index (χ3n) is 4.13. The van der Waals surface area contributed by atoms with E-state index in [0.29, 0.717) is 15.9 Å². The molecule has 0 amide bonds. The number of hydrogen-bond donors (Lipinski definition) is 1. The van der Waals surface area contributed by atoms with Gasteiger partial charge in [0.05, 0.1) is 16.3 Å². The lowest BCUT2D eigenvalue weighted by molar-refractivity contribution is 0.832. The maximum Gasteiger partial charge on any atom is 0.166 e. The fourth-order valence-electron chi connectivity index (χ4n) is 2.65. The SMILES string of the molecule is CCN(Cc1ccccc1)c1ccc(C=NNc2nc(Cl)c(Cl)cc2Cl)cc1. The van der Waals surface area contributed by atoms with E-state index in [1.807, 2.05) is 18.2 Å². The molecule has 3 rings (SSSR count). The Morgan fingerprint density at radius 1 is 1.00 bits per heavy atom. The van der Waals surface area contributed by atoms with E-state index in [0.717, 1.165) is 24.3 Å². The van der Waals surface area contributed by atoms with E-state index < -0.39 is 0 Å². The second-order valence-electron chi connectivity index (χ2n) is 6.05. The minimum Gasteiger partial charge on any atom is -0.367 e. The molecule has 0 saturated heterocycles. The van der Waals surface area contributed by atoms with Crippen molar-refractivity contribution in [2.24, 2.45) is 5.10 Å². The minimum atomic E-state index is 0.172. The predicted octanol–water partition coefficient (Wildman–Crippen LogP) is 6.51. The van der Waals surface area contributed by atoms with Crippen molar-refractivity contribution in [3.63, 3.8) is 0 Å². The molecule has 0 atom stereocenters. The van der Waals surface area contributed by atoms with E-state index >= 15 is 0 Å². The molecule has 1 aromatic heterocycles. The fourth-order valence-corrected chi connectivity index (χ4v) is 3.19. The first-order valence-electron chi connectivity index (χ1n) is 8.76. The average molecular weight is 434 g/mol. The van der Waals surface area contributed by atoms with E-state index in [4.69, 9.17) is 34.8 Å². The van der Waals surface area contributed by atoms with E-state index in [1.165, 1.54) is 11.6 Å². The number of halogens is 3. The number of nitrogens with one attached hydrogen (secondary N) is 1. The van der Waals surface area contributed by atoms with Crippen LogP contribution in [0.15, 0.2) is 65.8 Å². The Morgan fingerprint density at radius 2 is 1.71 bits per heavy atom. The van der Waals surface area contributed by atoms with Crippen molar-refractivity contribution >= 4 is 52.5 Å². The Bertz CT molecular complexity index is 944.